The molecule has 0 radical (unpaired) electrons. The number of piperidine rings is 1. The third-order valence-corrected chi connectivity index (χ3v) is 4.07. The van der Waals surface area contributed by atoms with E-state index in [0.717, 1.165) is 12.1 Å². The molecule has 112 valence electrons. The van der Waals surface area contributed by atoms with Gasteiger partial charge in [0.15, 0.2) is 0 Å². The van der Waals surface area contributed by atoms with E-state index in [1.807, 2.05) is 30.3 Å². The summed E-state index contributed by atoms with van der Waals surface area (Å²) in [6.07, 6.45) is 3.91. The molecule has 3 rings (SSSR count). The Bertz CT molecular complexity index is 554. The Balaban J connectivity index is 1.51. The Hall–Kier alpha value is -1.72. The first-order valence-electron chi connectivity index (χ1n) is 7.61. The average molecular weight is 286 g/mol. The molecule has 1 fully saturated rings. The van der Waals surface area contributed by atoms with Crippen LogP contribution in [0.2, 0.25) is 0 Å². The minimum absolute atomic E-state index is 0.585. The summed E-state index contributed by atoms with van der Waals surface area (Å²) in [5, 5.41) is 11.6. The van der Waals surface area contributed by atoms with Crippen molar-refractivity contribution < 1.29 is 4.42 Å². The van der Waals surface area contributed by atoms with Gasteiger partial charge in [0, 0.05) is 18.2 Å². The van der Waals surface area contributed by atoms with E-state index in [1.54, 1.807) is 0 Å². The molecule has 1 unspecified atom stereocenters. The van der Waals surface area contributed by atoms with Crippen LogP contribution in [-0.2, 0) is 6.54 Å². The van der Waals surface area contributed by atoms with Crippen LogP contribution in [0.1, 0.15) is 25.2 Å². The molecule has 1 N–H and O–H groups in total. The van der Waals surface area contributed by atoms with Gasteiger partial charge in [0.05, 0.1) is 6.54 Å². The summed E-state index contributed by atoms with van der Waals surface area (Å²) >= 11 is 0. The number of likely N-dealkylation sites (N-methyl/N-ethyl adjacent to an activating group) is 1. The van der Waals surface area contributed by atoms with E-state index in [0.29, 0.717) is 24.4 Å². The largest absolute Gasteiger partial charge is 0.419 e. The zero-order valence-corrected chi connectivity index (χ0v) is 12.5. The van der Waals surface area contributed by atoms with E-state index in [9.17, 15) is 0 Å². The van der Waals surface area contributed by atoms with Crippen molar-refractivity contribution in [2.45, 2.75) is 31.8 Å². The summed E-state index contributed by atoms with van der Waals surface area (Å²) in [5.74, 6) is 1.23. The minimum Gasteiger partial charge on any atom is -0.419 e. The second-order valence-electron chi connectivity index (χ2n) is 5.63. The number of benzene rings is 1. The van der Waals surface area contributed by atoms with Gasteiger partial charge in [-0.05, 0) is 38.6 Å². The second kappa shape index (κ2) is 6.83. The summed E-state index contributed by atoms with van der Waals surface area (Å²) in [7, 11) is 2.20. The summed E-state index contributed by atoms with van der Waals surface area (Å²) in [4.78, 5) is 2.43. The molecule has 0 aliphatic carbocycles. The van der Waals surface area contributed by atoms with Crippen molar-refractivity contribution in [2.75, 3.05) is 20.1 Å². The van der Waals surface area contributed by atoms with E-state index in [-0.39, 0.29) is 0 Å². The number of hydrogen-bond acceptors (Lipinski definition) is 5. The lowest BCUT2D eigenvalue weighted by atomic mass is 10.0. The summed E-state index contributed by atoms with van der Waals surface area (Å²) in [5.41, 5.74) is 0.961. The van der Waals surface area contributed by atoms with Gasteiger partial charge < -0.3 is 14.6 Å². The van der Waals surface area contributed by atoms with E-state index in [1.165, 1.54) is 25.8 Å². The predicted molar refractivity (Wildman–Crippen MR) is 81.7 cm³/mol. The van der Waals surface area contributed by atoms with E-state index < -0.39 is 0 Å². The van der Waals surface area contributed by atoms with Gasteiger partial charge in [0.25, 0.3) is 0 Å². The Morgan fingerprint density at radius 1 is 1.24 bits per heavy atom. The SMILES string of the molecule is CN1CCCCC1CNCc1nnc(-c2ccccc2)o1. The number of rotatable bonds is 5. The summed E-state index contributed by atoms with van der Waals surface area (Å²) in [6.45, 7) is 2.80. The smallest absolute Gasteiger partial charge is 0.247 e. The van der Waals surface area contributed by atoms with Crippen LogP contribution < -0.4 is 5.32 Å². The lowest BCUT2D eigenvalue weighted by molar-refractivity contribution is 0.180. The van der Waals surface area contributed by atoms with Gasteiger partial charge >= 0.3 is 0 Å². The normalized spacial score (nSPS) is 19.8. The molecular weight excluding hydrogens is 264 g/mol. The molecule has 0 saturated carbocycles. The van der Waals surface area contributed by atoms with Crippen molar-refractivity contribution in [2.24, 2.45) is 0 Å². The standard InChI is InChI=1S/C16H22N4O/c1-20-10-6-5-9-14(20)11-17-12-15-18-19-16(21-15)13-7-3-2-4-8-13/h2-4,7-8,14,17H,5-6,9-12H2,1H3. The number of hydrogen-bond donors (Lipinski definition) is 1. The van der Waals surface area contributed by atoms with Gasteiger partial charge in [-0.15, -0.1) is 10.2 Å². The van der Waals surface area contributed by atoms with Crippen molar-refractivity contribution >= 4 is 0 Å². The van der Waals surface area contributed by atoms with Gasteiger partial charge in [0.1, 0.15) is 0 Å². The molecule has 21 heavy (non-hydrogen) atoms. The maximum absolute atomic E-state index is 5.69. The fourth-order valence-electron chi connectivity index (χ4n) is 2.77. The van der Waals surface area contributed by atoms with E-state index in [2.05, 4.69) is 27.5 Å². The molecule has 1 atom stereocenters. The number of likely N-dealkylation sites (tertiary alicyclic amines) is 1. The number of aromatic nitrogens is 2. The molecule has 2 heterocycles. The quantitative estimate of drug-likeness (QED) is 0.914. The van der Waals surface area contributed by atoms with Crippen molar-refractivity contribution in [1.29, 1.82) is 0 Å². The molecule has 0 bridgehead atoms. The first-order valence-corrected chi connectivity index (χ1v) is 7.61. The highest BCUT2D eigenvalue weighted by Crippen LogP contribution is 2.17. The Morgan fingerprint density at radius 2 is 2.10 bits per heavy atom. The summed E-state index contributed by atoms with van der Waals surface area (Å²) < 4.78 is 5.69. The monoisotopic (exact) mass is 286 g/mol. The molecule has 5 nitrogen and oxygen atoms in total. The third-order valence-electron chi connectivity index (χ3n) is 4.07. The Morgan fingerprint density at radius 3 is 2.90 bits per heavy atom. The minimum atomic E-state index is 0.585. The maximum Gasteiger partial charge on any atom is 0.247 e. The highest BCUT2D eigenvalue weighted by atomic mass is 16.4. The predicted octanol–water partition coefficient (Wildman–Crippen LogP) is 2.31. The van der Waals surface area contributed by atoms with Crippen molar-refractivity contribution in [3.05, 3.63) is 36.2 Å². The second-order valence-corrected chi connectivity index (χ2v) is 5.63. The molecule has 0 amide bonds. The van der Waals surface area contributed by atoms with Crippen molar-refractivity contribution in [3.8, 4) is 11.5 Å². The molecule has 1 aliphatic heterocycles. The van der Waals surface area contributed by atoms with Gasteiger partial charge in [-0.3, -0.25) is 0 Å². The molecule has 1 aliphatic rings. The van der Waals surface area contributed by atoms with Gasteiger partial charge in [-0.1, -0.05) is 24.6 Å². The Kier molecular flexibility index (Phi) is 4.62. The van der Waals surface area contributed by atoms with Gasteiger partial charge in [-0.25, -0.2) is 0 Å². The summed E-state index contributed by atoms with van der Waals surface area (Å²) in [6, 6.07) is 10.5. The zero-order valence-electron chi connectivity index (χ0n) is 12.5. The maximum atomic E-state index is 5.69. The van der Waals surface area contributed by atoms with Crippen LogP contribution >= 0.6 is 0 Å². The topological polar surface area (TPSA) is 54.2 Å². The molecular formula is C16H22N4O. The Labute approximate surface area is 125 Å². The third kappa shape index (κ3) is 3.68. The lowest BCUT2D eigenvalue weighted by Gasteiger charge is -2.32. The molecule has 5 heteroatoms. The van der Waals surface area contributed by atoms with E-state index in [4.69, 9.17) is 4.42 Å². The molecule has 1 saturated heterocycles. The van der Waals surface area contributed by atoms with Crippen molar-refractivity contribution in [1.82, 2.24) is 20.4 Å². The van der Waals surface area contributed by atoms with Crippen LogP contribution in [0.25, 0.3) is 11.5 Å². The highest BCUT2D eigenvalue weighted by Gasteiger charge is 2.18. The molecule has 2 aromatic rings. The van der Waals surface area contributed by atoms with Crippen LogP contribution in [0.4, 0.5) is 0 Å². The van der Waals surface area contributed by atoms with Crippen LogP contribution in [0.5, 0.6) is 0 Å². The molecule has 1 aromatic heterocycles. The van der Waals surface area contributed by atoms with Gasteiger partial charge in [-0.2, -0.15) is 0 Å². The van der Waals surface area contributed by atoms with Crippen LogP contribution in [0, 0.1) is 0 Å². The first-order chi connectivity index (χ1) is 10.3. The number of nitrogens with zero attached hydrogens (tertiary/aromatic N) is 3. The van der Waals surface area contributed by atoms with E-state index >= 15 is 0 Å². The van der Waals surface area contributed by atoms with Crippen LogP contribution in [-0.4, -0.2) is 41.3 Å². The highest BCUT2D eigenvalue weighted by molar-refractivity contribution is 5.51. The van der Waals surface area contributed by atoms with Crippen LogP contribution in [0.15, 0.2) is 34.7 Å². The fourth-order valence-corrected chi connectivity index (χ4v) is 2.77. The molecule has 0 spiro atoms. The fraction of sp³-hybridized carbons (Fsp3) is 0.500. The lowest BCUT2D eigenvalue weighted by Crippen LogP contribution is -2.42. The average Bonchev–Trinajstić information content (AvgIpc) is 2.99. The first kappa shape index (κ1) is 14.2. The number of nitrogens with one attached hydrogen (secondary N) is 1. The van der Waals surface area contributed by atoms with Crippen molar-refractivity contribution in [3.63, 3.8) is 0 Å². The zero-order chi connectivity index (χ0) is 14.5. The molecule has 1 aromatic carbocycles. The van der Waals surface area contributed by atoms with Crippen LogP contribution in [0.3, 0.4) is 0 Å². The van der Waals surface area contributed by atoms with Gasteiger partial charge in [0.2, 0.25) is 11.8 Å².